The highest BCUT2D eigenvalue weighted by Gasteiger charge is 2.30. The van der Waals surface area contributed by atoms with Crippen molar-refractivity contribution in [2.75, 3.05) is 44.7 Å². The Kier molecular flexibility index (Phi) is 5.84. The average Bonchev–Trinajstić information content (AvgIpc) is 2.80. The molecule has 2 saturated heterocycles. The van der Waals surface area contributed by atoms with E-state index < -0.39 is 0 Å². The number of piperazine rings is 1. The molecule has 5 heteroatoms. The predicted octanol–water partition coefficient (Wildman–Crippen LogP) is 2.60. The van der Waals surface area contributed by atoms with Gasteiger partial charge in [-0.2, -0.15) is 0 Å². The Labute approximate surface area is 156 Å². The number of nitrogens with zero attached hydrogens (tertiary/aromatic N) is 3. The minimum absolute atomic E-state index is 0.132. The molecule has 2 aliphatic rings. The van der Waals surface area contributed by atoms with Gasteiger partial charge >= 0.3 is 0 Å². The van der Waals surface area contributed by atoms with Crippen LogP contribution in [-0.4, -0.2) is 61.4 Å². The SMILES string of the molecule is Cc1cccc(N2CCN(C(=O)CC3CCCCN(C)C3=O)CC2)c1C. The number of hydrogen-bond donors (Lipinski definition) is 0. The van der Waals surface area contributed by atoms with Gasteiger partial charge < -0.3 is 14.7 Å². The predicted molar refractivity (Wildman–Crippen MR) is 104 cm³/mol. The van der Waals surface area contributed by atoms with Crippen LogP contribution < -0.4 is 4.90 Å². The van der Waals surface area contributed by atoms with Gasteiger partial charge in [0.15, 0.2) is 0 Å². The van der Waals surface area contributed by atoms with E-state index in [1.165, 1.54) is 16.8 Å². The van der Waals surface area contributed by atoms with Gasteiger partial charge in [-0.05, 0) is 43.9 Å². The minimum atomic E-state index is -0.132. The first kappa shape index (κ1) is 18.7. The molecule has 1 atom stereocenters. The molecule has 0 aromatic heterocycles. The van der Waals surface area contributed by atoms with Gasteiger partial charge in [-0.1, -0.05) is 18.6 Å². The third kappa shape index (κ3) is 4.02. The van der Waals surface area contributed by atoms with Crippen LogP contribution in [0, 0.1) is 19.8 Å². The maximum atomic E-state index is 12.7. The molecular formula is C21H31N3O2. The molecule has 0 N–H and O–H groups in total. The van der Waals surface area contributed by atoms with Crippen LogP contribution in [0.2, 0.25) is 0 Å². The molecule has 0 bridgehead atoms. The lowest BCUT2D eigenvalue weighted by atomic mass is 9.97. The van der Waals surface area contributed by atoms with Crippen LogP contribution in [0.25, 0.3) is 0 Å². The smallest absolute Gasteiger partial charge is 0.225 e. The molecule has 26 heavy (non-hydrogen) atoms. The van der Waals surface area contributed by atoms with Crippen molar-refractivity contribution in [3.8, 4) is 0 Å². The van der Waals surface area contributed by atoms with Crippen molar-refractivity contribution in [3.63, 3.8) is 0 Å². The zero-order valence-electron chi connectivity index (χ0n) is 16.3. The summed E-state index contributed by atoms with van der Waals surface area (Å²) in [7, 11) is 1.86. The number of carbonyl (C=O) groups excluding carboxylic acids is 2. The Bertz CT molecular complexity index is 665. The second-order valence-electron chi connectivity index (χ2n) is 7.74. The van der Waals surface area contributed by atoms with E-state index in [1.807, 2.05) is 11.9 Å². The molecule has 5 nitrogen and oxygen atoms in total. The third-order valence-electron chi connectivity index (χ3n) is 5.99. The first-order valence-corrected chi connectivity index (χ1v) is 9.81. The lowest BCUT2D eigenvalue weighted by Gasteiger charge is -2.37. The normalized spacial score (nSPS) is 21.7. The molecule has 2 aliphatic heterocycles. The third-order valence-corrected chi connectivity index (χ3v) is 5.99. The van der Waals surface area contributed by atoms with Gasteiger partial charge in [0, 0.05) is 57.8 Å². The number of carbonyl (C=O) groups is 2. The number of anilines is 1. The van der Waals surface area contributed by atoms with Gasteiger partial charge in [0.25, 0.3) is 0 Å². The van der Waals surface area contributed by atoms with E-state index >= 15 is 0 Å². The molecule has 1 aromatic carbocycles. The van der Waals surface area contributed by atoms with Gasteiger partial charge in [0.2, 0.25) is 11.8 Å². The fraction of sp³-hybridized carbons (Fsp3) is 0.619. The molecule has 3 rings (SSSR count). The Morgan fingerprint density at radius 1 is 1.08 bits per heavy atom. The number of rotatable bonds is 3. The lowest BCUT2D eigenvalue weighted by Crippen LogP contribution is -2.49. The van der Waals surface area contributed by atoms with Crippen LogP contribution in [-0.2, 0) is 9.59 Å². The molecule has 0 spiro atoms. The maximum absolute atomic E-state index is 12.7. The van der Waals surface area contributed by atoms with E-state index in [4.69, 9.17) is 0 Å². The summed E-state index contributed by atoms with van der Waals surface area (Å²) < 4.78 is 0. The van der Waals surface area contributed by atoms with Gasteiger partial charge in [0.05, 0.1) is 0 Å². The molecule has 2 fully saturated rings. The van der Waals surface area contributed by atoms with Gasteiger partial charge in [0.1, 0.15) is 0 Å². The highest BCUT2D eigenvalue weighted by molar-refractivity contribution is 5.86. The van der Waals surface area contributed by atoms with Gasteiger partial charge in [-0.25, -0.2) is 0 Å². The van der Waals surface area contributed by atoms with Gasteiger partial charge in [-0.15, -0.1) is 0 Å². The van der Waals surface area contributed by atoms with E-state index in [0.29, 0.717) is 6.42 Å². The van der Waals surface area contributed by atoms with E-state index in [9.17, 15) is 9.59 Å². The van der Waals surface area contributed by atoms with Crippen LogP contribution in [0.5, 0.6) is 0 Å². The second kappa shape index (κ2) is 8.11. The molecule has 2 amide bonds. The summed E-state index contributed by atoms with van der Waals surface area (Å²) in [5.74, 6) is 0.149. The Morgan fingerprint density at radius 2 is 1.81 bits per heavy atom. The maximum Gasteiger partial charge on any atom is 0.225 e. The van der Waals surface area contributed by atoms with Crippen molar-refractivity contribution >= 4 is 17.5 Å². The molecule has 2 heterocycles. The number of likely N-dealkylation sites (tertiary alicyclic amines) is 1. The Balaban J connectivity index is 1.56. The molecular weight excluding hydrogens is 326 g/mol. The van der Waals surface area contributed by atoms with E-state index in [2.05, 4.69) is 36.9 Å². The van der Waals surface area contributed by atoms with Crippen LogP contribution >= 0.6 is 0 Å². The summed E-state index contributed by atoms with van der Waals surface area (Å²) in [6, 6.07) is 6.41. The highest BCUT2D eigenvalue weighted by atomic mass is 16.2. The van der Waals surface area contributed by atoms with Gasteiger partial charge in [-0.3, -0.25) is 9.59 Å². The van der Waals surface area contributed by atoms with E-state index in [1.54, 1.807) is 4.90 Å². The fourth-order valence-corrected chi connectivity index (χ4v) is 4.09. The molecule has 1 unspecified atom stereocenters. The fourth-order valence-electron chi connectivity index (χ4n) is 4.09. The zero-order valence-corrected chi connectivity index (χ0v) is 16.3. The first-order chi connectivity index (χ1) is 12.5. The van der Waals surface area contributed by atoms with Crippen LogP contribution in [0.15, 0.2) is 18.2 Å². The number of aryl methyl sites for hydroxylation is 1. The van der Waals surface area contributed by atoms with Crippen molar-refractivity contribution in [1.82, 2.24) is 9.80 Å². The van der Waals surface area contributed by atoms with Crippen molar-refractivity contribution < 1.29 is 9.59 Å². The van der Waals surface area contributed by atoms with Crippen LogP contribution in [0.4, 0.5) is 5.69 Å². The standard InChI is InChI=1S/C21H31N3O2/c1-16-7-6-9-19(17(16)2)23-11-13-24(14-12-23)20(25)15-18-8-4-5-10-22(3)21(18)26/h6-7,9,18H,4-5,8,10-15H2,1-3H3. The van der Waals surface area contributed by atoms with E-state index in [-0.39, 0.29) is 17.7 Å². The highest BCUT2D eigenvalue weighted by Crippen LogP contribution is 2.25. The monoisotopic (exact) mass is 357 g/mol. The lowest BCUT2D eigenvalue weighted by molar-refractivity contribution is -0.140. The largest absolute Gasteiger partial charge is 0.368 e. The minimum Gasteiger partial charge on any atom is -0.368 e. The second-order valence-corrected chi connectivity index (χ2v) is 7.74. The average molecular weight is 357 g/mol. The number of hydrogen-bond acceptors (Lipinski definition) is 3. The summed E-state index contributed by atoms with van der Waals surface area (Å²) in [6.07, 6.45) is 3.29. The molecule has 142 valence electrons. The summed E-state index contributed by atoms with van der Waals surface area (Å²) in [4.78, 5) is 31.3. The first-order valence-electron chi connectivity index (χ1n) is 9.81. The summed E-state index contributed by atoms with van der Waals surface area (Å²) >= 11 is 0. The van der Waals surface area contributed by atoms with E-state index in [0.717, 1.165) is 52.0 Å². The molecule has 1 aromatic rings. The van der Waals surface area contributed by atoms with Crippen molar-refractivity contribution in [2.45, 2.75) is 39.5 Å². The Morgan fingerprint density at radius 3 is 2.54 bits per heavy atom. The quantitative estimate of drug-likeness (QED) is 0.835. The van der Waals surface area contributed by atoms with Crippen LogP contribution in [0.3, 0.4) is 0 Å². The summed E-state index contributed by atoms with van der Waals surface area (Å²) in [6.45, 7) is 8.31. The van der Waals surface area contributed by atoms with Crippen molar-refractivity contribution in [3.05, 3.63) is 29.3 Å². The molecule has 0 radical (unpaired) electrons. The van der Waals surface area contributed by atoms with Crippen molar-refractivity contribution in [2.24, 2.45) is 5.92 Å². The Hall–Kier alpha value is -2.04. The zero-order chi connectivity index (χ0) is 18.7. The topological polar surface area (TPSA) is 43.9 Å². The van der Waals surface area contributed by atoms with Crippen molar-refractivity contribution in [1.29, 1.82) is 0 Å². The molecule has 0 aliphatic carbocycles. The van der Waals surface area contributed by atoms with Crippen LogP contribution in [0.1, 0.15) is 36.8 Å². The number of amides is 2. The number of benzene rings is 1. The molecule has 0 saturated carbocycles. The summed E-state index contributed by atoms with van der Waals surface area (Å²) in [5, 5.41) is 0. The summed E-state index contributed by atoms with van der Waals surface area (Å²) in [5.41, 5.74) is 3.90.